The van der Waals surface area contributed by atoms with Crippen molar-refractivity contribution in [3.05, 3.63) is 65.4 Å². The van der Waals surface area contributed by atoms with E-state index in [1.807, 2.05) is 62.4 Å². The molecule has 1 amide bonds. The lowest BCUT2D eigenvalue weighted by molar-refractivity contribution is 0.101. The number of carbonyl (C=O) groups excluding carboxylic acids is 1. The Labute approximate surface area is 183 Å². The number of rotatable bonds is 7. The molecular formula is C24H29N5O2. The summed E-state index contributed by atoms with van der Waals surface area (Å²) in [6.07, 6.45) is 3.75. The Morgan fingerprint density at radius 2 is 1.61 bits per heavy atom. The number of amides is 1. The highest BCUT2D eigenvalue weighted by molar-refractivity contribution is 6.04. The average Bonchev–Trinajstić information content (AvgIpc) is 3.20. The quantitative estimate of drug-likeness (QED) is 0.627. The molecule has 3 aromatic rings. The molecule has 7 nitrogen and oxygen atoms in total. The summed E-state index contributed by atoms with van der Waals surface area (Å²) in [7, 11) is 0. The third kappa shape index (κ3) is 5.30. The minimum atomic E-state index is -0.338. The first-order valence-corrected chi connectivity index (χ1v) is 10.9. The number of aromatic nitrogens is 3. The highest BCUT2D eigenvalue weighted by Gasteiger charge is 2.23. The van der Waals surface area contributed by atoms with Gasteiger partial charge in [-0.1, -0.05) is 47.0 Å². The van der Waals surface area contributed by atoms with Gasteiger partial charge in [-0.15, -0.1) is 5.10 Å². The predicted octanol–water partition coefficient (Wildman–Crippen LogP) is 4.00. The van der Waals surface area contributed by atoms with Crippen LogP contribution in [-0.2, 0) is 0 Å². The van der Waals surface area contributed by atoms with Crippen molar-refractivity contribution in [1.82, 2.24) is 19.9 Å². The first kappa shape index (κ1) is 21.1. The number of nitrogens with zero attached hydrogens (tertiary/aromatic N) is 4. The van der Waals surface area contributed by atoms with E-state index in [2.05, 4.69) is 20.5 Å². The van der Waals surface area contributed by atoms with Crippen LogP contribution in [0, 0.1) is 13.8 Å². The summed E-state index contributed by atoms with van der Waals surface area (Å²) in [5.41, 5.74) is 3.97. The van der Waals surface area contributed by atoms with Crippen molar-refractivity contribution in [2.24, 2.45) is 0 Å². The molecule has 0 radical (unpaired) electrons. The van der Waals surface area contributed by atoms with Crippen LogP contribution < -0.4 is 10.1 Å². The van der Waals surface area contributed by atoms with Gasteiger partial charge in [0, 0.05) is 12.2 Å². The van der Waals surface area contributed by atoms with Crippen molar-refractivity contribution in [3.8, 4) is 11.6 Å². The molecule has 0 aliphatic carbocycles. The summed E-state index contributed by atoms with van der Waals surface area (Å²) in [5.74, 6) is 0.0284. The third-order valence-corrected chi connectivity index (χ3v) is 5.53. The van der Waals surface area contributed by atoms with Gasteiger partial charge in [0.1, 0.15) is 6.61 Å². The molecule has 7 heteroatoms. The largest absolute Gasteiger partial charge is 0.474 e. The fraction of sp³-hybridized carbons (Fsp3) is 0.375. The van der Waals surface area contributed by atoms with Gasteiger partial charge >= 0.3 is 0 Å². The molecule has 2 aromatic carbocycles. The van der Waals surface area contributed by atoms with Crippen LogP contribution in [0.5, 0.6) is 5.88 Å². The summed E-state index contributed by atoms with van der Waals surface area (Å²) < 4.78 is 7.71. The molecule has 0 unspecified atom stereocenters. The zero-order chi connectivity index (χ0) is 21.6. The summed E-state index contributed by atoms with van der Waals surface area (Å²) in [6, 6.07) is 15.5. The van der Waals surface area contributed by atoms with Crippen LogP contribution >= 0.6 is 0 Å². The Bertz CT molecular complexity index is 1010. The van der Waals surface area contributed by atoms with Crippen LogP contribution in [-0.4, -0.2) is 52.0 Å². The molecule has 1 aliphatic heterocycles. The number of hydrogen-bond acceptors (Lipinski definition) is 5. The Balaban J connectivity index is 1.55. The number of likely N-dealkylation sites (tertiary alicyclic amines) is 1. The van der Waals surface area contributed by atoms with E-state index in [1.165, 1.54) is 19.3 Å². The van der Waals surface area contributed by atoms with Crippen molar-refractivity contribution in [2.75, 3.05) is 31.6 Å². The van der Waals surface area contributed by atoms with Crippen molar-refractivity contribution in [1.29, 1.82) is 0 Å². The molecule has 1 N–H and O–H groups in total. The molecule has 162 valence electrons. The standard InChI is InChI=1S/C24H29N5O2/c1-18-6-10-20(11-7-18)25-23(30)22-24(31-17-16-28-14-4-3-5-15-28)29(27-26-22)21-12-8-19(2)9-13-21/h6-13H,3-5,14-17H2,1-2H3,(H,25,30). The minimum Gasteiger partial charge on any atom is -0.474 e. The van der Waals surface area contributed by atoms with Gasteiger partial charge in [-0.25, -0.2) is 0 Å². The van der Waals surface area contributed by atoms with E-state index < -0.39 is 0 Å². The zero-order valence-electron chi connectivity index (χ0n) is 18.2. The maximum Gasteiger partial charge on any atom is 0.281 e. The lowest BCUT2D eigenvalue weighted by Gasteiger charge is -2.26. The maximum absolute atomic E-state index is 13.0. The van der Waals surface area contributed by atoms with Gasteiger partial charge in [0.05, 0.1) is 5.69 Å². The molecule has 0 atom stereocenters. The van der Waals surface area contributed by atoms with Crippen molar-refractivity contribution >= 4 is 11.6 Å². The summed E-state index contributed by atoms with van der Waals surface area (Å²) in [5, 5.41) is 11.3. The van der Waals surface area contributed by atoms with Crippen LogP contribution in [0.4, 0.5) is 5.69 Å². The average molecular weight is 420 g/mol. The fourth-order valence-electron chi connectivity index (χ4n) is 3.68. The summed E-state index contributed by atoms with van der Waals surface area (Å²) >= 11 is 0. The fourth-order valence-corrected chi connectivity index (χ4v) is 3.68. The highest BCUT2D eigenvalue weighted by atomic mass is 16.5. The van der Waals surface area contributed by atoms with Crippen molar-refractivity contribution < 1.29 is 9.53 Å². The van der Waals surface area contributed by atoms with Crippen molar-refractivity contribution in [2.45, 2.75) is 33.1 Å². The lowest BCUT2D eigenvalue weighted by Crippen LogP contribution is -2.33. The van der Waals surface area contributed by atoms with E-state index in [-0.39, 0.29) is 11.6 Å². The second-order valence-electron chi connectivity index (χ2n) is 8.06. The van der Waals surface area contributed by atoms with E-state index in [1.54, 1.807) is 4.68 Å². The monoisotopic (exact) mass is 419 g/mol. The second kappa shape index (κ2) is 9.75. The van der Waals surface area contributed by atoms with E-state index in [0.29, 0.717) is 18.2 Å². The number of hydrogen-bond donors (Lipinski definition) is 1. The first-order valence-electron chi connectivity index (χ1n) is 10.9. The molecule has 1 aliphatic rings. The molecule has 4 rings (SSSR count). The number of carbonyl (C=O) groups is 1. The van der Waals surface area contributed by atoms with Gasteiger partial charge < -0.3 is 10.1 Å². The van der Waals surface area contributed by atoms with Gasteiger partial charge in [-0.2, -0.15) is 4.68 Å². The number of anilines is 1. The molecule has 0 saturated carbocycles. The molecule has 1 aromatic heterocycles. The molecule has 1 fully saturated rings. The summed E-state index contributed by atoms with van der Waals surface area (Å²) in [4.78, 5) is 15.4. The van der Waals surface area contributed by atoms with E-state index in [4.69, 9.17) is 4.74 Å². The Hall–Kier alpha value is -3.19. The van der Waals surface area contributed by atoms with Crippen LogP contribution in [0.2, 0.25) is 0 Å². The molecule has 0 spiro atoms. The SMILES string of the molecule is Cc1ccc(NC(=O)c2nnn(-c3ccc(C)cc3)c2OCCN2CCCCC2)cc1. The Kier molecular flexibility index (Phi) is 6.62. The number of benzene rings is 2. The smallest absolute Gasteiger partial charge is 0.281 e. The van der Waals surface area contributed by atoms with Gasteiger partial charge in [-0.3, -0.25) is 9.69 Å². The number of nitrogens with one attached hydrogen (secondary N) is 1. The topological polar surface area (TPSA) is 72.3 Å². The number of ether oxygens (including phenoxy) is 1. The zero-order valence-corrected chi connectivity index (χ0v) is 18.2. The van der Waals surface area contributed by atoms with Gasteiger partial charge in [0.2, 0.25) is 5.69 Å². The third-order valence-electron chi connectivity index (χ3n) is 5.53. The van der Waals surface area contributed by atoms with Crippen LogP contribution in [0.1, 0.15) is 40.9 Å². The second-order valence-corrected chi connectivity index (χ2v) is 8.06. The molecule has 31 heavy (non-hydrogen) atoms. The van der Waals surface area contributed by atoms with Crippen LogP contribution in [0.15, 0.2) is 48.5 Å². The molecule has 1 saturated heterocycles. The number of aryl methyl sites for hydroxylation is 2. The maximum atomic E-state index is 13.0. The van der Waals surface area contributed by atoms with E-state index >= 15 is 0 Å². The Morgan fingerprint density at radius 3 is 2.29 bits per heavy atom. The normalized spacial score (nSPS) is 14.4. The van der Waals surface area contributed by atoms with Gasteiger partial charge in [0.25, 0.3) is 11.8 Å². The van der Waals surface area contributed by atoms with E-state index in [0.717, 1.165) is 36.4 Å². The number of piperidine rings is 1. The highest BCUT2D eigenvalue weighted by Crippen LogP contribution is 2.23. The lowest BCUT2D eigenvalue weighted by atomic mass is 10.1. The summed E-state index contributed by atoms with van der Waals surface area (Å²) in [6.45, 7) is 7.52. The Morgan fingerprint density at radius 1 is 0.968 bits per heavy atom. The molecule has 2 heterocycles. The van der Waals surface area contributed by atoms with Gasteiger partial charge in [0.15, 0.2) is 0 Å². The van der Waals surface area contributed by atoms with Gasteiger partial charge in [-0.05, 0) is 64.0 Å². The van der Waals surface area contributed by atoms with Crippen LogP contribution in [0.3, 0.4) is 0 Å². The van der Waals surface area contributed by atoms with Crippen molar-refractivity contribution in [3.63, 3.8) is 0 Å². The molecule has 0 bridgehead atoms. The van der Waals surface area contributed by atoms with Crippen LogP contribution in [0.25, 0.3) is 5.69 Å². The van der Waals surface area contributed by atoms with E-state index in [9.17, 15) is 4.79 Å². The molecular weight excluding hydrogens is 390 g/mol. The predicted molar refractivity (Wildman–Crippen MR) is 121 cm³/mol. The minimum absolute atomic E-state index is 0.180. The first-order chi connectivity index (χ1) is 15.1.